The van der Waals surface area contributed by atoms with Crippen LogP contribution in [0.5, 0.6) is 5.75 Å². The molecule has 1 aliphatic rings. The molecule has 1 unspecified atom stereocenters. The molecular weight excluding hydrogens is 210 g/mol. The largest absolute Gasteiger partial charge is 0.496 e. The summed E-state index contributed by atoms with van der Waals surface area (Å²) >= 11 is 0. The van der Waals surface area contributed by atoms with Gasteiger partial charge in [-0.3, -0.25) is 0 Å². The minimum Gasteiger partial charge on any atom is -0.496 e. The van der Waals surface area contributed by atoms with Crippen LogP contribution in [0, 0.1) is 0 Å². The van der Waals surface area contributed by atoms with Gasteiger partial charge in [0.1, 0.15) is 5.75 Å². The van der Waals surface area contributed by atoms with Crippen molar-refractivity contribution in [3.05, 3.63) is 29.8 Å². The maximum Gasteiger partial charge on any atom is 0.122 e. The zero-order chi connectivity index (χ0) is 12.3. The zero-order valence-corrected chi connectivity index (χ0v) is 11.2. The molecular formula is C15H23NO. The molecule has 1 fully saturated rings. The highest BCUT2D eigenvalue weighted by Crippen LogP contribution is 2.42. The van der Waals surface area contributed by atoms with Gasteiger partial charge >= 0.3 is 0 Å². The zero-order valence-electron chi connectivity index (χ0n) is 11.2. The van der Waals surface area contributed by atoms with E-state index in [0.29, 0.717) is 5.41 Å². The summed E-state index contributed by atoms with van der Waals surface area (Å²) in [6.07, 6.45) is 3.72. The number of likely N-dealkylation sites (N-methyl/N-ethyl adjacent to an activating group) is 1. The number of methoxy groups -OCH3 is 1. The van der Waals surface area contributed by atoms with Crippen molar-refractivity contribution in [3.63, 3.8) is 0 Å². The lowest BCUT2D eigenvalue weighted by atomic mass is 9.75. The molecule has 0 saturated carbocycles. The van der Waals surface area contributed by atoms with Crippen LogP contribution in [0.15, 0.2) is 24.3 Å². The number of likely N-dealkylation sites (tertiary alicyclic amines) is 1. The molecule has 0 radical (unpaired) electrons. The van der Waals surface area contributed by atoms with Crippen molar-refractivity contribution >= 4 is 0 Å². The van der Waals surface area contributed by atoms with E-state index in [2.05, 4.69) is 43.1 Å². The number of ether oxygens (including phenoxy) is 1. The third kappa shape index (κ3) is 2.32. The summed E-state index contributed by atoms with van der Waals surface area (Å²) in [5, 5.41) is 0. The quantitative estimate of drug-likeness (QED) is 0.792. The van der Waals surface area contributed by atoms with Crippen molar-refractivity contribution in [2.45, 2.75) is 31.6 Å². The standard InChI is InChI=1S/C15H23NO/c1-4-9-15(10-11-16(2)12-15)13-7-5-6-8-14(13)17-3/h5-8H,4,9-12H2,1-3H3. The van der Waals surface area contributed by atoms with Gasteiger partial charge in [0.15, 0.2) is 0 Å². The second kappa shape index (κ2) is 5.09. The van der Waals surface area contributed by atoms with Gasteiger partial charge in [-0.25, -0.2) is 0 Å². The lowest BCUT2D eigenvalue weighted by Gasteiger charge is -2.30. The van der Waals surface area contributed by atoms with Crippen molar-refractivity contribution < 1.29 is 4.74 Å². The van der Waals surface area contributed by atoms with E-state index in [1.165, 1.54) is 31.4 Å². The third-order valence-corrected chi connectivity index (χ3v) is 3.95. The van der Waals surface area contributed by atoms with E-state index in [0.717, 1.165) is 12.3 Å². The van der Waals surface area contributed by atoms with Gasteiger partial charge in [-0.2, -0.15) is 0 Å². The molecule has 0 N–H and O–H groups in total. The van der Waals surface area contributed by atoms with E-state index in [4.69, 9.17) is 4.74 Å². The molecule has 2 rings (SSSR count). The average molecular weight is 233 g/mol. The van der Waals surface area contributed by atoms with E-state index in [1.54, 1.807) is 7.11 Å². The van der Waals surface area contributed by atoms with Crippen LogP contribution in [0.3, 0.4) is 0 Å². The predicted molar refractivity (Wildman–Crippen MR) is 71.7 cm³/mol. The van der Waals surface area contributed by atoms with Gasteiger partial charge in [0.2, 0.25) is 0 Å². The van der Waals surface area contributed by atoms with Crippen molar-refractivity contribution in [1.82, 2.24) is 4.90 Å². The van der Waals surface area contributed by atoms with Crippen molar-refractivity contribution in [2.75, 3.05) is 27.2 Å². The van der Waals surface area contributed by atoms with Crippen molar-refractivity contribution in [1.29, 1.82) is 0 Å². The smallest absolute Gasteiger partial charge is 0.122 e. The predicted octanol–water partition coefficient (Wildman–Crippen LogP) is 3.07. The Morgan fingerprint density at radius 1 is 1.35 bits per heavy atom. The Morgan fingerprint density at radius 2 is 2.12 bits per heavy atom. The maximum atomic E-state index is 5.55. The molecule has 1 aromatic carbocycles. The summed E-state index contributed by atoms with van der Waals surface area (Å²) in [6, 6.07) is 8.52. The molecule has 1 atom stereocenters. The van der Waals surface area contributed by atoms with Crippen molar-refractivity contribution in [3.8, 4) is 5.75 Å². The Hall–Kier alpha value is -1.02. The number of hydrogen-bond donors (Lipinski definition) is 0. The van der Waals surface area contributed by atoms with Crippen LogP contribution in [0.2, 0.25) is 0 Å². The number of rotatable bonds is 4. The monoisotopic (exact) mass is 233 g/mol. The minimum atomic E-state index is 0.302. The van der Waals surface area contributed by atoms with Crippen LogP contribution in [0.4, 0.5) is 0 Å². The first kappa shape index (κ1) is 12.4. The molecule has 94 valence electrons. The van der Waals surface area contributed by atoms with Crippen LogP contribution in [-0.2, 0) is 5.41 Å². The van der Waals surface area contributed by atoms with Gasteiger partial charge in [0, 0.05) is 17.5 Å². The molecule has 0 amide bonds. The molecule has 0 spiro atoms. The highest BCUT2D eigenvalue weighted by atomic mass is 16.5. The molecule has 0 aliphatic carbocycles. The Balaban J connectivity index is 2.39. The second-order valence-electron chi connectivity index (χ2n) is 5.22. The van der Waals surface area contributed by atoms with Gasteiger partial charge < -0.3 is 9.64 Å². The van der Waals surface area contributed by atoms with E-state index < -0.39 is 0 Å². The lowest BCUT2D eigenvalue weighted by Crippen LogP contribution is -2.30. The summed E-state index contributed by atoms with van der Waals surface area (Å²) < 4.78 is 5.55. The van der Waals surface area contributed by atoms with E-state index >= 15 is 0 Å². The van der Waals surface area contributed by atoms with Crippen LogP contribution in [-0.4, -0.2) is 32.1 Å². The Bertz CT molecular complexity index is 373. The SMILES string of the molecule is CCCC1(c2ccccc2OC)CCN(C)C1. The fourth-order valence-electron chi connectivity index (χ4n) is 3.20. The Labute approximate surface area is 105 Å². The van der Waals surface area contributed by atoms with Gasteiger partial charge in [0.05, 0.1) is 7.11 Å². The van der Waals surface area contributed by atoms with Crippen molar-refractivity contribution in [2.24, 2.45) is 0 Å². The number of hydrogen-bond acceptors (Lipinski definition) is 2. The second-order valence-corrected chi connectivity index (χ2v) is 5.22. The number of benzene rings is 1. The van der Waals surface area contributed by atoms with Crippen LogP contribution < -0.4 is 4.74 Å². The van der Waals surface area contributed by atoms with Gasteiger partial charge in [0.25, 0.3) is 0 Å². The first-order valence-corrected chi connectivity index (χ1v) is 6.54. The molecule has 2 heteroatoms. The number of nitrogens with zero attached hydrogens (tertiary/aromatic N) is 1. The Morgan fingerprint density at radius 3 is 2.71 bits per heavy atom. The summed E-state index contributed by atoms with van der Waals surface area (Å²) in [5.41, 5.74) is 1.70. The Kier molecular flexibility index (Phi) is 3.72. The molecule has 1 aromatic rings. The van der Waals surface area contributed by atoms with Crippen LogP contribution in [0.1, 0.15) is 31.7 Å². The van der Waals surface area contributed by atoms with Gasteiger partial charge in [-0.1, -0.05) is 31.5 Å². The minimum absolute atomic E-state index is 0.302. The molecule has 2 nitrogen and oxygen atoms in total. The fourth-order valence-corrected chi connectivity index (χ4v) is 3.20. The summed E-state index contributed by atoms with van der Waals surface area (Å²) in [7, 11) is 3.99. The van der Waals surface area contributed by atoms with E-state index in [1.807, 2.05) is 0 Å². The molecule has 1 saturated heterocycles. The molecule has 0 bridgehead atoms. The first-order valence-electron chi connectivity index (χ1n) is 6.54. The molecule has 1 heterocycles. The normalized spacial score (nSPS) is 25.1. The third-order valence-electron chi connectivity index (χ3n) is 3.95. The van der Waals surface area contributed by atoms with E-state index in [9.17, 15) is 0 Å². The topological polar surface area (TPSA) is 12.5 Å². The molecule has 1 aliphatic heterocycles. The van der Waals surface area contributed by atoms with Crippen LogP contribution >= 0.6 is 0 Å². The highest BCUT2D eigenvalue weighted by Gasteiger charge is 2.39. The summed E-state index contributed by atoms with van der Waals surface area (Å²) in [6.45, 7) is 4.62. The fraction of sp³-hybridized carbons (Fsp3) is 0.600. The lowest BCUT2D eigenvalue weighted by molar-refractivity contribution is 0.334. The van der Waals surface area contributed by atoms with Gasteiger partial charge in [-0.15, -0.1) is 0 Å². The molecule has 0 aromatic heterocycles. The highest BCUT2D eigenvalue weighted by molar-refractivity contribution is 5.40. The first-order chi connectivity index (χ1) is 8.22. The van der Waals surface area contributed by atoms with Crippen LogP contribution in [0.25, 0.3) is 0 Å². The van der Waals surface area contributed by atoms with E-state index in [-0.39, 0.29) is 0 Å². The van der Waals surface area contributed by atoms with Gasteiger partial charge in [-0.05, 0) is 32.5 Å². The maximum absolute atomic E-state index is 5.55. The summed E-state index contributed by atoms with van der Waals surface area (Å²) in [4.78, 5) is 2.43. The molecule has 17 heavy (non-hydrogen) atoms. The summed E-state index contributed by atoms with van der Waals surface area (Å²) in [5.74, 6) is 1.05. The number of para-hydroxylation sites is 1. The average Bonchev–Trinajstić information content (AvgIpc) is 2.72.